The van der Waals surface area contributed by atoms with Crippen LogP contribution in [-0.4, -0.2) is 29.6 Å². The van der Waals surface area contributed by atoms with Crippen LogP contribution in [0.5, 0.6) is 5.75 Å². The van der Waals surface area contributed by atoms with Gasteiger partial charge in [-0.2, -0.15) is 0 Å². The number of rotatable bonds is 3. The predicted molar refractivity (Wildman–Crippen MR) is 90.4 cm³/mol. The van der Waals surface area contributed by atoms with Gasteiger partial charge in [-0.05, 0) is 86.5 Å². The fourth-order valence-corrected chi connectivity index (χ4v) is 7.39. The second-order valence-electron chi connectivity index (χ2n) is 9.14. The molecule has 1 aromatic carbocycles. The molecule has 1 heterocycles. The van der Waals surface area contributed by atoms with Crippen LogP contribution < -0.4 is 9.75 Å². The lowest BCUT2D eigenvalue weighted by molar-refractivity contribution is -0.162. The van der Waals surface area contributed by atoms with Crippen LogP contribution in [0.4, 0.5) is 5.69 Å². The summed E-state index contributed by atoms with van der Waals surface area (Å²) < 4.78 is 5.28. The summed E-state index contributed by atoms with van der Waals surface area (Å²) in [5.41, 5.74) is 1.30. The van der Waals surface area contributed by atoms with E-state index in [9.17, 15) is 4.79 Å². The summed E-state index contributed by atoms with van der Waals surface area (Å²) in [6, 6.07) is 8.59. The van der Waals surface area contributed by atoms with Crippen LogP contribution in [0.3, 0.4) is 0 Å². The van der Waals surface area contributed by atoms with Crippen LogP contribution in [0.15, 0.2) is 24.3 Å². The van der Waals surface area contributed by atoms with Crippen molar-refractivity contribution in [2.75, 3.05) is 12.1 Å². The molecule has 1 aromatic rings. The summed E-state index contributed by atoms with van der Waals surface area (Å²) in [5, 5.41) is 4.39. The molecule has 5 aliphatic carbocycles. The Morgan fingerprint density at radius 2 is 1.92 bits per heavy atom. The monoisotopic (exact) mass is 324 g/mol. The largest absolute Gasteiger partial charge is 0.497 e. The lowest BCUT2D eigenvalue weighted by atomic mass is 9.47. The molecule has 1 amide bonds. The Morgan fingerprint density at radius 3 is 2.54 bits per heavy atom. The molecule has 7 rings (SSSR count). The molecule has 5 saturated carbocycles. The van der Waals surface area contributed by atoms with Gasteiger partial charge in [-0.3, -0.25) is 9.80 Å². The Kier molecular flexibility index (Phi) is 2.12. The van der Waals surface area contributed by atoms with E-state index in [4.69, 9.17) is 4.74 Å². The summed E-state index contributed by atoms with van der Waals surface area (Å²) in [6.45, 7) is 4.09. The first-order valence-corrected chi connectivity index (χ1v) is 9.27. The van der Waals surface area contributed by atoms with Gasteiger partial charge in [0.05, 0.1) is 18.8 Å². The first-order chi connectivity index (χ1) is 11.5. The van der Waals surface area contributed by atoms with Crippen LogP contribution in [0.2, 0.25) is 0 Å². The highest BCUT2D eigenvalue weighted by Gasteiger charge is 2.83. The van der Waals surface area contributed by atoms with E-state index in [1.165, 1.54) is 19.3 Å². The van der Waals surface area contributed by atoms with Gasteiger partial charge in [0.2, 0.25) is 0 Å². The highest BCUT2D eigenvalue weighted by Crippen LogP contribution is 2.86. The zero-order valence-corrected chi connectivity index (χ0v) is 14.5. The first-order valence-electron chi connectivity index (χ1n) is 9.27. The van der Waals surface area contributed by atoms with Gasteiger partial charge in [0, 0.05) is 0 Å². The van der Waals surface area contributed by atoms with E-state index in [2.05, 4.69) is 22.2 Å². The van der Waals surface area contributed by atoms with Gasteiger partial charge in [0.1, 0.15) is 11.3 Å². The average molecular weight is 324 g/mol. The van der Waals surface area contributed by atoms with Crippen molar-refractivity contribution in [3.8, 4) is 5.75 Å². The van der Waals surface area contributed by atoms with Crippen LogP contribution in [0.25, 0.3) is 0 Å². The number of carbonyl (C=O) groups excluding carboxylic acids is 1. The predicted octanol–water partition coefficient (Wildman–Crippen LogP) is 3.08. The second kappa shape index (κ2) is 3.76. The van der Waals surface area contributed by atoms with Crippen molar-refractivity contribution < 1.29 is 9.53 Å². The van der Waals surface area contributed by atoms with Crippen LogP contribution >= 0.6 is 0 Å². The van der Waals surface area contributed by atoms with Gasteiger partial charge in [-0.15, -0.1) is 0 Å². The van der Waals surface area contributed by atoms with Crippen molar-refractivity contribution >= 4 is 11.6 Å². The molecule has 1 spiro atoms. The number of hydrazine groups is 1. The molecule has 6 atom stereocenters. The molecule has 24 heavy (non-hydrogen) atoms. The van der Waals surface area contributed by atoms with Crippen molar-refractivity contribution in [2.24, 2.45) is 29.1 Å². The number of hydrogen-bond acceptors (Lipinski definition) is 3. The van der Waals surface area contributed by atoms with Gasteiger partial charge in [-0.1, -0.05) is 0 Å². The fraction of sp³-hybridized carbons (Fsp3) is 0.650. The van der Waals surface area contributed by atoms with E-state index in [1.54, 1.807) is 7.11 Å². The smallest absolute Gasteiger partial charge is 0.268 e. The Balaban J connectivity index is 1.37. The number of hydrogen-bond donors (Lipinski definition) is 0. The molecule has 6 fully saturated rings. The number of benzene rings is 1. The number of anilines is 1. The number of methoxy groups -OCH3 is 1. The summed E-state index contributed by atoms with van der Waals surface area (Å²) >= 11 is 0. The molecule has 1 aliphatic heterocycles. The molecule has 6 unspecified atom stereocenters. The SMILES string of the molecule is COc1ccc(N2N(C3C4CC56CC(CC35)C46)C(=O)C2(C)C)cc1. The maximum absolute atomic E-state index is 13.0. The molecule has 0 aromatic heterocycles. The van der Waals surface area contributed by atoms with Crippen LogP contribution in [0, 0.1) is 29.1 Å². The highest BCUT2D eigenvalue weighted by atomic mass is 16.5. The Labute approximate surface area is 142 Å². The zero-order valence-electron chi connectivity index (χ0n) is 14.5. The van der Waals surface area contributed by atoms with E-state index in [0.717, 1.165) is 35.1 Å². The van der Waals surface area contributed by atoms with E-state index < -0.39 is 5.54 Å². The minimum absolute atomic E-state index is 0.301. The molecule has 0 radical (unpaired) electrons. The molecule has 5 bridgehead atoms. The molecule has 4 nitrogen and oxygen atoms in total. The third-order valence-electron chi connectivity index (χ3n) is 8.11. The lowest BCUT2D eigenvalue weighted by Crippen LogP contribution is -2.78. The molecule has 126 valence electrons. The van der Waals surface area contributed by atoms with Gasteiger partial charge in [0.15, 0.2) is 0 Å². The van der Waals surface area contributed by atoms with Crippen molar-refractivity contribution in [3.05, 3.63) is 24.3 Å². The van der Waals surface area contributed by atoms with E-state index in [1.807, 2.05) is 26.0 Å². The summed E-state index contributed by atoms with van der Waals surface area (Å²) in [7, 11) is 1.69. The molecule has 6 aliphatic rings. The van der Waals surface area contributed by atoms with Crippen molar-refractivity contribution in [2.45, 2.75) is 44.7 Å². The quantitative estimate of drug-likeness (QED) is 0.856. The van der Waals surface area contributed by atoms with Crippen molar-refractivity contribution in [3.63, 3.8) is 0 Å². The van der Waals surface area contributed by atoms with E-state index in [0.29, 0.717) is 17.4 Å². The van der Waals surface area contributed by atoms with E-state index in [-0.39, 0.29) is 0 Å². The molecule has 0 N–H and O–H groups in total. The number of nitrogens with zero attached hydrogens (tertiary/aromatic N) is 2. The second-order valence-corrected chi connectivity index (χ2v) is 9.14. The third kappa shape index (κ3) is 1.17. The highest BCUT2D eigenvalue weighted by molar-refractivity contribution is 5.98. The molecular weight excluding hydrogens is 300 g/mol. The minimum atomic E-state index is -0.443. The number of carbonyl (C=O) groups is 1. The number of ether oxygens (including phenoxy) is 1. The number of amides is 1. The molecule has 4 heteroatoms. The maximum Gasteiger partial charge on any atom is 0.268 e. The Morgan fingerprint density at radius 1 is 1.17 bits per heavy atom. The standard InChI is InChI=1S/C20H24N2O2/c1-19(2)18(23)21(22(19)12-4-6-13(24-3)7-5-12)17-14-10-20-9-11(16(14)20)8-15(17)20/h4-7,11,14-17H,8-10H2,1-3H3. The fourth-order valence-electron chi connectivity index (χ4n) is 7.39. The Hall–Kier alpha value is -1.71. The molecular formula is C20H24N2O2. The van der Waals surface area contributed by atoms with Gasteiger partial charge >= 0.3 is 0 Å². The Bertz CT molecular complexity index is 757. The van der Waals surface area contributed by atoms with Crippen LogP contribution in [0.1, 0.15) is 33.1 Å². The lowest BCUT2D eigenvalue weighted by Gasteiger charge is -2.62. The normalized spacial score (nSPS) is 45.6. The van der Waals surface area contributed by atoms with Gasteiger partial charge < -0.3 is 4.74 Å². The topological polar surface area (TPSA) is 32.8 Å². The first kappa shape index (κ1) is 13.6. The minimum Gasteiger partial charge on any atom is -0.497 e. The summed E-state index contributed by atoms with van der Waals surface area (Å²) in [6.07, 6.45) is 4.19. The average Bonchev–Trinajstić information content (AvgIpc) is 3.19. The maximum atomic E-state index is 13.0. The van der Waals surface area contributed by atoms with Crippen molar-refractivity contribution in [1.29, 1.82) is 0 Å². The molecule has 1 saturated heterocycles. The van der Waals surface area contributed by atoms with E-state index >= 15 is 0 Å². The van der Waals surface area contributed by atoms with Crippen LogP contribution in [-0.2, 0) is 4.79 Å². The van der Waals surface area contributed by atoms with Gasteiger partial charge in [0.25, 0.3) is 5.91 Å². The summed E-state index contributed by atoms with van der Waals surface area (Å²) in [4.78, 5) is 13.0. The summed E-state index contributed by atoms with van der Waals surface area (Å²) in [5.74, 6) is 4.62. The van der Waals surface area contributed by atoms with Gasteiger partial charge in [-0.25, -0.2) is 5.01 Å². The zero-order chi connectivity index (χ0) is 16.4. The van der Waals surface area contributed by atoms with Crippen molar-refractivity contribution in [1.82, 2.24) is 5.01 Å². The third-order valence-corrected chi connectivity index (χ3v) is 8.11.